The van der Waals surface area contributed by atoms with Crippen molar-refractivity contribution in [3.05, 3.63) is 33.2 Å². The molecule has 156 valence electrons. The summed E-state index contributed by atoms with van der Waals surface area (Å²) in [5.74, 6) is 0.688. The molecule has 1 heterocycles. The molecule has 0 fully saturated rings. The Morgan fingerprint density at radius 1 is 1.07 bits per heavy atom. The fraction of sp³-hybridized carbons (Fsp3) is 0.400. The molecule has 1 aromatic carbocycles. The molecule has 1 aliphatic carbocycles. The van der Waals surface area contributed by atoms with Gasteiger partial charge >= 0.3 is 5.97 Å². The van der Waals surface area contributed by atoms with Crippen LogP contribution in [0.5, 0.6) is 11.5 Å². The lowest BCUT2D eigenvalue weighted by Gasteiger charge is -2.15. The number of thiocarbonyl (C=S) groups is 1. The molecular weight excluding hydrogens is 432 g/mol. The first-order valence-electron chi connectivity index (χ1n) is 9.20. The van der Waals surface area contributed by atoms with Crippen molar-refractivity contribution in [3.8, 4) is 11.5 Å². The van der Waals surface area contributed by atoms with E-state index in [-0.39, 0.29) is 5.97 Å². The normalized spacial score (nSPS) is 13.1. The maximum Gasteiger partial charge on any atom is 0.341 e. The number of esters is 1. The van der Waals surface area contributed by atoms with Crippen LogP contribution in [-0.4, -0.2) is 32.4 Å². The maximum absolute atomic E-state index is 12.5. The van der Waals surface area contributed by atoms with Crippen molar-refractivity contribution in [2.45, 2.75) is 32.1 Å². The van der Waals surface area contributed by atoms with Gasteiger partial charge < -0.3 is 24.8 Å². The molecular formula is C20H23ClN2O4S2. The Morgan fingerprint density at radius 2 is 1.79 bits per heavy atom. The molecule has 0 saturated carbocycles. The second-order valence-corrected chi connectivity index (χ2v) is 8.45. The predicted octanol–water partition coefficient (Wildman–Crippen LogP) is 5.28. The van der Waals surface area contributed by atoms with Crippen molar-refractivity contribution < 1.29 is 19.0 Å². The van der Waals surface area contributed by atoms with Crippen LogP contribution >= 0.6 is 35.2 Å². The average Bonchev–Trinajstić information content (AvgIpc) is 2.88. The molecule has 0 spiro atoms. The van der Waals surface area contributed by atoms with Crippen LogP contribution in [0.2, 0.25) is 5.02 Å². The third-order valence-corrected chi connectivity index (χ3v) is 6.47. The monoisotopic (exact) mass is 454 g/mol. The van der Waals surface area contributed by atoms with Crippen LogP contribution in [0.15, 0.2) is 12.1 Å². The number of methoxy groups -OCH3 is 3. The van der Waals surface area contributed by atoms with Gasteiger partial charge in [0, 0.05) is 10.9 Å². The Balaban J connectivity index is 1.86. The number of rotatable bonds is 5. The van der Waals surface area contributed by atoms with Crippen LogP contribution in [0.4, 0.5) is 10.7 Å². The number of aryl methyl sites for hydroxylation is 1. The number of thiophene rings is 1. The Labute approximate surface area is 184 Å². The highest BCUT2D eigenvalue weighted by atomic mass is 35.5. The Bertz CT molecular complexity index is 930. The molecule has 1 aromatic heterocycles. The summed E-state index contributed by atoms with van der Waals surface area (Å²) in [5, 5.41) is 7.70. The number of carbonyl (C=O) groups is 1. The highest BCUT2D eigenvalue weighted by molar-refractivity contribution is 7.80. The zero-order valence-electron chi connectivity index (χ0n) is 16.5. The second-order valence-electron chi connectivity index (χ2n) is 6.53. The number of benzene rings is 1. The van der Waals surface area contributed by atoms with Gasteiger partial charge in [-0.25, -0.2) is 4.79 Å². The van der Waals surface area contributed by atoms with E-state index in [4.69, 9.17) is 38.0 Å². The highest BCUT2D eigenvalue weighted by Crippen LogP contribution is 2.39. The minimum absolute atomic E-state index is 0.325. The first-order valence-corrected chi connectivity index (χ1v) is 10.8. The number of halogens is 1. The first kappa shape index (κ1) is 21.7. The van der Waals surface area contributed by atoms with E-state index in [1.807, 2.05) is 0 Å². The van der Waals surface area contributed by atoms with E-state index >= 15 is 0 Å². The number of nitrogens with one attached hydrogen (secondary N) is 2. The molecule has 0 atom stereocenters. The molecule has 1 aliphatic rings. The van der Waals surface area contributed by atoms with E-state index in [0.717, 1.165) is 31.2 Å². The number of hydrogen-bond donors (Lipinski definition) is 2. The third-order valence-electron chi connectivity index (χ3n) is 4.76. The molecule has 29 heavy (non-hydrogen) atoms. The first-order chi connectivity index (χ1) is 14.0. The molecule has 0 saturated heterocycles. The van der Waals surface area contributed by atoms with Gasteiger partial charge in [0.1, 0.15) is 16.5 Å². The van der Waals surface area contributed by atoms with E-state index in [1.165, 1.54) is 25.5 Å². The van der Waals surface area contributed by atoms with Gasteiger partial charge in [-0.2, -0.15) is 0 Å². The van der Waals surface area contributed by atoms with Crippen molar-refractivity contribution in [2.24, 2.45) is 0 Å². The van der Waals surface area contributed by atoms with Gasteiger partial charge in [0.15, 0.2) is 5.11 Å². The summed E-state index contributed by atoms with van der Waals surface area (Å²) in [5.41, 5.74) is 2.25. The fourth-order valence-electron chi connectivity index (χ4n) is 3.36. The van der Waals surface area contributed by atoms with Crippen LogP contribution in [0.3, 0.4) is 0 Å². The van der Waals surface area contributed by atoms with Gasteiger partial charge in [-0.1, -0.05) is 18.0 Å². The van der Waals surface area contributed by atoms with E-state index in [2.05, 4.69) is 10.6 Å². The summed E-state index contributed by atoms with van der Waals surface area (Å²) in [4.78, 5) is 13.7. The Hall–Kier alpha value is -2.03. The van der Waals surface area contributed by atoms with Crippen molar-refractivity contribution >= 4 is 56.9 Å². The Kier molecular flexibility index (Phi) is 7.21. The number of hydrogen-bond acceptors (Lipinski definition) is 6. The lowest BCUT2D eigenvalue weighted by molar-refractivity contribution is 0.0601. The van der Waals surface area contributed by atoms with Crippen molar-refractivity contribution in [3.63, 3.8) is 0 Å². The summed E-state index contributed by atoms with van der Waals surface area (Å²) in [6, 6.07) is 3.36. The summed E-state index contributed by atoms with van der Waals surface area (Å²) in [7, 11) is 4.48. The van der Waals surface area contributed by atoms with E-state index < -0.39 is 0 Å². The van der Waals surface area contributed by atoms with Gasteiger partial charge in [-0.15, -0.1) is 11.3 Å². The highest BCUT2D eigenvalue weighted by Gasteiger charge is 2.26. The van der Waals surface area contributed by atoms with Crippen LogP contribution in [-0.2, 0) is 17.6 Å². The van der Waals surface area contributed by atoms with Crippen molar-refractivity contribution in [1.82, 2.24) is 0 Å². The molecule has 2 aromatic rings. The van der Waals surface area contributed by atoms with Crippen LogP contribution < -0.4 is 20.1 Å². The second kappa shape index (κ2) is 9.65. The SMILES string of the molecule is COC(=O)c1c(NC(=S)Nc2cc(Cl)c(OC)cc2OC)sc2c1CCCCC2. The molecule has 3 rings (SSSR count). The molecule has 6 nitrogen and oxygen atoms in total. The molecule has 9 heteroatoms. The quantitative estimate of drug-likeness (QED) is 0.361. The maximum atomic E-state index is 12.5. The van der Waals surface area contributed by atoms with Crippen molar-refractivity contribution in [2.75, 3.05) is 32.0 Å². The molecule has 0 unspecified atom stereocenters. The third kappa shape index (κ3) is 4.76. The lowest BCUT2D eigenvalue weighted by Crippen LogP contribution is -2.20. The number of anilines is 2. The Morgan fingerprint density at radius 3 is 2.48 bits per heavy atom. The molecule has 0 aliphatic heterocycles. The van der Waals surface area contributed by atoms with Gasteiger partial charge in [-0.05, 0) is 49.5 Å². The molecule has 0 amide bonds. The molecule has 0 bridgehead atoms. The summed E-state index contributed by atoms with van der Waals surface area (Å²) in [6.07, 6.45) is 5.20. The molecule has 2 N–H and O–H groups in total. The smallest absolute Gasteiger partial charge is 0.341 e. The zero-order valence-corrected chi connectivity index (χ0v) is 18.9. The van der Waals surface area contributed by atoms with Crippen molar-refractivity contribution in [1.29, 1.82) is 0 Å². The van der Waals surface area contributed by atoms with Gasteiger partial charge in [0.2, 0.25) is 0 Å². The van der Waals surface area contributed by atoms with Crippen LogP contribution in [0, 0.1) is 0 Å². The molecule has 0 radical (unpaired) electrons. The van der Waals surface area contributed by atoms with Crippen LogP contribution in [0.25, 0.3) is 0 Å². The minimum atomic E-state index is -0.347. The largest absolute Gasteiger partial charge is 0.495 e. The minimum Gasteiger partial charge on any atom is -0.495 e. The summed E-state index contributed by atoms with van der Waals surface area (Å²) in [6.45, 7) is 0. The van der Waals surface area contributed by atoms with Gasteiger partial charge in [-0.3, -0.25) is 0 Å². The topological polar surface area (TPSA) is 68.8 Å². The van der Waals surface area contributed by atoms with Gasteiger partial charge in [0.05, 0.1) is 37.6 Å². The summed E-state index contributed by atoms with van der Waals surface area (Å²) >= 11 is 13.3. The van der Waals surface area contributed by atoms with E-state index in [1.54, 1.807) is 30.6 Å². The fourth-order valence-corrected chi connectivity index (χ4v) is 5.16. The number of carbonyl (C=O) groups excluding carboxylic acids is 1. The lowest BCUT2D eigenvalue weighted by atomic mass is 10.1. The predicted molar refractivity (Wildman–Crippen MR) is 121 cm³/mol. The number of fused-ring (bicyclic) bond motifs is 1. The standard InChI is InChI=1S/C20H23ClN2O4S2/c1-25-14-10-15(26-2)13(9-12(14)21)22-20(28)23-18-17(19(24)27-3)11-7-5-4-6-8-16(11)29-18/h9-10H,4-8H2,1-3H3,(H2,22,23,28). The summed E-state index contributed by atoms with van der Waals surface area (Å²) < 4.78 is 15.6. The van der Waals surface area contributed by atoms with E-state index in [0.29, 0.717) is 37.9 Å². The van der Waals surface area contributed by atoms with E-state index in [9.17, 15) is 4.79 Å². The van der Waals surface area contributed by atoms with Gasteiger partial charge in [0.25, 0.3) is 0 Å². The van der Waals surface area contributed by atoms with Crippen LogP contribution in [0.1, 0.15) is 40.1 Å². The number of ether oxygens (including phenoxy) is 3. The average molecular weight is 455 g/mol. The zero-order chi connectivity index (χ0) is 21.0.